The van der Waals surface area contributed by atoms with Crippen molar-refractivity contribution in [3.05, 3.63) is 198 Å². The Labute approximate surface area is 287 Å². The van der Waals surface area contributed by atoms with E-state index in [-0.39, 0.29) is 0 Å². The zero-order valence-corrected chi connectivity index (χ0v) is 27.7. The molecular weight excluding hydrogens is 591 g/mol. The highest BCUT2D eigenvalue weighted by Gasteiger charge is 2.19. The smallest absolute Gasteiger partial charge is 0.0540 e. The van der Waals surface area contributed by atoms with Crippen molar-refractivity contribution in [1.82, 2.24) is 0 Å². The summed E-state index contributed by atoms with van der Waals surface area (Å²) in [4.78, 5) is 2.41. The molecule has 232 valence electrons. The molecule has 9 aromatic rings. The monoisotopic (exact) mass is 625 g/mol. The molecule has 0 aromatic heterocycles. The first kappa shape index (κ1) is 29.0. The second-order valence-electron chi connectivity index (χ2n) is 13.1. The molecule has 1 heteroatoms. The molecule has 49 heavy (non-hydrogen) atoms. The highest BCUT2D eigenvalue weighted by Crippen LogP contribution is 2.46. The topological polar surface area (TPSA) is 3.24 Å². The largest absolute Gasteiger partial charge is 0.310 e. The molecule has 0 saturated carbocycles. The zero-order valence-electron chi connectivity index (χ0n) is 27.7. The van der Waals surface area contributed by atoms with E-state index in [1.54, 1.807) is 0 Å². The summed E-state index contributed by atoms with van der Waals surface area (Å²) in [6.07, 6.45) is 2.31. The lowest BCUT2D eigenvalue weighted by Crippen LogP contribution is -2.10. The first-order valence-corrected chi connectivity index (χ1v) is 17.0. The van der Waals surface area contributed by atoms with Crippen LogP contribution in [0.15, 0.2) is 170 Å². The van der Waals surface area contributed by atoms with Crippen LogP contribution in [0.5, 0.6) is 0 Å². The number of aryl methyl sites for hydroxylation is 2. The predicted molar refractivity (Wildman–Crippen MR) is 212 cm³/mol. The van der Waals surface area contributed by atoms with Gasteiger partial charge in [-0.25, -0.2) is 0 Å². The third kappa shape index (κ3) is 5.03. The summed E-state index contributed by atoms with van der Waals surface area (Å²) in [5, 5.41) is 10.4. The highest BCUT2D eigenvalue weighted by atomic mass is 15.1. The molecular formula is C48H35N. The van der Waals surface area contributed by atoms with Crippen LogP contribution < -0.4 is 4.90 Å². The van der Waals surface area contributed by atoms with E-state index in [9.17, 15) is 0 Å². The summed E-state index contributed by atoms with van der Waals surface area (Å²) >= 11 is 0. The van der Waals surface area contributed by atoms with Crippen LogP contribution in [0.4, 0.5) is 17.1 Å². The van der Waals surface area contributed by atoms with Gasteiger partial charge in [-0.15, -0.1) is 0 Å². The van der Waals surface area contributed by atoms with Crippen molar-refractivity contribution in [3.8, 4) is 0 Å². The molecule has 0 fully saturated rings. The van der Waals surface area contributed by atoms with Crippen LogP contribution in [0, 0.1) is 13.8 Å². The maximum atomic E-state index is 2.41. The van der Waals surface area contributed by atoms with Crippen LogP contribution >= 0.6 is 0 Å². The third-order valence-electron chi connectivity index (χ3n) is 9.95. The lowest BCUT2D eigenvalue weighted by atomic mass is 9.89. The zero-order chi connectivity index (χ0) is 32.9. The Bertz CT molecular complexity index is 2580. The lowest BCUT2D eigenvalue weighted by molar-refractivity contribution is 1.29. The second kappa shape index (κ2) is 11.8. The van der Waals surface area contributed by atoms with E-state index in [4.69, 9.17) is 0 Å². The minimum absolute atomic E-state index is 1.12. The van der Waals surface area contributed by atoms with Crippen molar-refractivity contribution in [2.45, 2.75) is 13.8 Å². The van der Waals surface area contributed by atoms with Gasteiger partial charge in [0, 0.05) is 16.8 Å². The standard InChI is InChI=1S/C48H35N/c1-32-17-23-36(24-18-32)45(35-9-4-3-5-10-35)31-34-21-27-39(28-22-34)49(38-25-19-33(2)20-26-38)46-30-29-43-41-14-7-12-37-11-6-13-40(47(37)41)42-15-8-16-44(46)48(42)43/h3-31H,1-2H3/b45-31+. The maximum absolute atomic E-state index is 2.41. The maximum Gasteiger partial charge on any atom is 0.0540 e. The number of benzene rings is 9. The summed E-state index contributed by atoms with van der Waals surface area (Å²) in [5.41, 5.74) is 10.7. The Morgan fingerprint density at radius 3 is 1.57 bits per heavy atom. The Morgan fingerprint density at radius 1 is 0.408 bits per heavy atom. The average molecular weight is 626 g/mol. The van der Waals surface area contributed by atoms with Crippen molar-refractivity contribution >= 4 is 71.8 Å². The van der Waals surface area contributed by atoms with Gasteiger partial charge in [0.15, 0.2) is 0 Å². The van der Waals surface area contributed by atoms with Gasteiger partial charge >= 0.3 is 0 Å². The van der Waals surface area contributed by atoms with Gasteiger partial charge in [0.1, 0.15) is 0 Å². The summed E-state index contributed by atoms with van der Waals surface area (Å²) in [6.45, 7) is 4.28. The molecule has 0 bridgehead atoms. The highest BCUT2D eigenvalue weighted by molar-refractivity contribution is 6.34. The van der Waals surface area contributed by atoms with Gasteiger partial charge in [-0.2, -0.15) is 0 Å². The molecule has 1 nitrogen and oxygen atoms in total. The molecule has 0 spiro atoms. The number of hydrogen-bond acceptors (Lipinski definition) is 1. The number of fused-ring (bicyclic) bond motifs is 2. The van der Waals surface area contributed by atoms with Gasteiger partial charge in [0.2, 0.25) is 0 Å². The Balaban J connectivity index is 1.22. The van der Waals surface area contributed by atoms with Crippen molar-refractivity contribution in [1.29, 1.82) is 0 Å². The summed E-state index contributed by atoms with van der Waals surface area (Å²) in [6, 6.07) is 62.2. The minimum atomic E-state index is 1.12. The van der Waals surface area contributed by atoms with Gasteiger partial charge < -0.3 is 4.90 Å². The van der Waals surface area contributed by atoms with E-state index in [1.165, 1.54) is 76.6 Å². The van der Waals surface area contributed by atoms with E-state index < -0.39 is 0 Å². The third-order valence-corrected chi connectivity index (χ3v) is 9.95. The van der Waals surface area contributed by atoms with Crippen LogP contribution in [0.25, 0.3) is 54.7 Å². The summed E-state index contributed by atoms with van der Waals surface area (Å²) < 4.78 is 0. The van der Waals surface area contributed by atoms with Gasteiger partial charge in [0.05, 0.1) is 5.69 Å². The van der Waals surface area contributed by atoms with Crippen molar-refractivity contribution in [3.63, 3.8) is 0 Å². The predicted octanol–water partition coefficient (Wildman–Crippen LogP) is 13.4. The molecule has 0 aliphatic heterocycles. The second-order valence-corrected chi connectivity index (χ2v) is 13.1. The van der Waals surface area contributed by atoms with Crippen molar-refractivity contribution in [2.75, 3.05) is 4.90 Å². The molecule has 0 aliphatic carbocycles. The number of anilines is 3. The SMILES string of the molecule is Cc1ccc(/C(=C/c2ccc(N(c3ccc(C)cc3)c3ccc4c5cccc6cccc(c7cccc3c74)c65)cc2)c2ccccc2)cc1. The van der Waals surface area contributed by atoms with Crippen LogP contribution in [0.2, 0.25) is 0 Å². The fourth-order valence-electron chi connectivity index (χ4n) is 7.52. The normalized spacial score (nSPS) is 12.0. The molecule has 0 saturated heterocycles. The molecule has 0 aliphatic rings. The molecule has 0 N–H and O–H groups in total. The van der Waals surface area contributed by atoms with Crippen LogP contribution in [0.1, 0.15) is 27.8 Å². The quantitative estimate of drug-likeness (QED) is 0.101. The van der Waals surface area contributed by atoms with Gasteiger partial charge in [-0.05, 0) is 110 Å². The van der Waals surface area contributed by atoms with Crippen LogP contribution in [-0.4, -0.2) is 0 Å². The van der Waals surface area contributed by atoms with Gasteiger partial charge in [-0.3, -0.25) is 0 Å². The van der Waals surface area contributed by atoms with E-state index in [2.05, 4.69) is 195 Å². The summed E-state index contributed by atoms with van der Waals surface area (Å²) in [5.74, 6) is 0. The van der Waals surface area contributed by atoms with E-state index in [0.29, 0.717) is 0 Å². The van der Waals surface area contributed by atoms with Gasteiger partial charge in [-0.1, -0.05) is 151 Å². The van der Waals surface area contributed by atoms with E-state index >= 15 is 0 Å². The molecule has 9 rings (SSSR count). The lowest BCUT2D eigenvalue weighted by Gasteiger charge is -2.28. The van der Waals surface area contributed by atoms with Crippen LogP contribution in [0.3, 0.4) is 0 Å². The molecule has 0 amide bonds. The number of nitrogens with zero attached hydrogens (tertiary/aromatic N) is 1. The molecule has 0 radical (unpaired) electrons. The Kier molecular flexibility index (Phi) is 6.99. The van der Waals surface area contributed by atoms with Crippen molar-refractivity contribution < 1.29 is 0 Å². The molecule has 0 unspecified atom stereocenters. The fourth-order valence-corrected chi connectivity index (χ4v) is 7.52. The van der Waals surface area contributed by atoms with E-state index in [1.807, 2.05) is 0 Å². The van der Waals surface area contributed by atoms with Crippen LogP contribution in [-0.2, 0) is 0 Å². The Hall–Kier alpha value is -6.18. The average Bonchev–Trinajstić information content (AvgIpc) is 3.15. The minimum Gasteiger partial charge on any atom is -0.310 e. The Morgan fingerprint density at radius 2 is 0.918 bits per heavy atom. The summed E-state index contributed by atoms with van der Waals surface area (Å²) in [7, 11) is 0. The fraction of sp³-hybridized carbons (Fsp3) is 0.0417. The molecule has 9 aromatic carbocycles. The number of rotatable bonds is 6. The molecule has 0 atom stereocenters. The van der Waals surface area contributed by atoms with Gasteiger partial charge in [0.25, 0.3) is 0 Å². The van der Waals surface area contributed by atoms with E-state index in [0.717, 1.165) is 16.9 Å². The number of hydrogen-bond donors (Lipinski definition) is 0. The molecule has 0 heterocycles. The first-order chi connectivity index (χ1) is 24.1. The first-order valence-electron chi connectivity index (χ1n) is 17.0. The van der Waals surface area contributed by atoms with Crippen molar-refractivity contribution in [2.24, 2.45) is 0 Å².